The van der Waals surface area contributed by atoms with Gasteiger partial charge in [-0.1, -0.05) is 17.7 Å². The van der Waals surface area contributed by atoms with E-state index in [0.29, 0.717) is 17.1 Å². The molecule has 0 saturated carbocycles. The van der Waals surface area contributed by atoms with E-state index in [1.165, 1.54) is 24.3 Å². The number of ether oxygens (including phenoxy) is 3. The second-order valence-corrected chi connectivity index (χ2v) is 5.78. The second kappa shape index (κ2) is 6.16. The molecule has 0 radical (unpaired) electrons. The maximum absolute atomic E-state index is 12.1. The third-order valence-electron chi connectivity index (χ3n) is 3.71. The van der Waals surface area contributed by atoms with Gasteiger partial charge in [0.25, 0.3) is 5.69 Å². The fourth-order valence-corrected chi connectivity index (χ4v) is 2.67. The van der Waals surface area contributed by atoms with Gasteiger partial charge >= 0.3 is 5.97 Å². The lowest BCUT2D eigenvalue weighted by Gasteiger charge is -2.00. The van der Waals surface area contributed by atoms with Crippen LogP contribution in [0.2, 0.25) is 5.02 Å². The zero-order valence-corrected chi connectivity index (χ0v) is 13.7. The molecule has 2 aromatic rings. The Morgan fingerprint density at radius 2 is 1.96 bits per heavy atom. The van der Waals surface area contributed by atoms with E-state index in [2.05, 4.69) is 4.99 Å². The molecule has 0 bridgehead atoms. The molecule has 2 aliphatic heterocycles. The molecule has 4 rings (SSSR count). The van der Waals surface area contributed by atoms with Crippen LogP contribution in [0.25, 0.3) is 6.08 Å². The highest BCUT2D eigenvalue weighted by molar-refractivity contribution is 6.32. The number of fused-ring (bicyclic) bond motifs is 1. The Morgan fingerprint density at radius 3 is 2.77 bits per heavy atom. The molecule has 0 atom stereocenters. The van der Waals surface area contributed by atoms with Crippen LogP contribution in [-0.4, -0.2) is 23.6 Å². The van der Waals surface area contributed by atoms with E-state index in [0.717, 1.165) is 0 Å². The number of cyclic esters (lactones) is 1. The zero-order chi connectivity index (χ0) is 18.3. The van der Waals surface area contributed by atoms with Crippen molar-refractivity contribution in [2.75, 3.05) is 6.79 Å². The summed E-state index contributed by atoms with van der Waals surface area (Å²) in [5.74, 6) is 0.513. The molecule has 0 aromatic heterocycles. The van der Waals surface area contributed by atoms with Gasteiger partial charge in [-0.2, -0.15) is 0 Å². The molecule has 130 valence electrons. The van der Waals surface area contributed by atoms with E-state index in [4.69, 9.17) is 25.8 Å². The molecule has 2 aromatic carbocycles. The molecule has 0 saturated heterocycles. The van der Waals surface area contributed by atoms with E-state index < -0.39 is 10.9 Å². The summed E-state index contributed by atoms with van der Waals surface area (Å²) in [5, 5.41) is 11.0. The Balaban J connectivity index is 1.67. The van der Waals surface area contributed by atoms with Crippen LogP contribution in [0.15, 0.2) is 47.1 Å². The van der Waals surface area contributed by atoms with E-state index in [9.17, 15) is 14.9 Å². The van der Waals surface area contributed by atoms with Gasteiger partial charge in [0.15, 0.2) is 17.2 Å². The van der Waals surface area contributed by atoms with Crippen LogP contribution in [0.1, 0.15) is 11.1 Å². The van der Waals surface area contributed by atoms with Gasteiger partial charge in [0.2, 0.25) is 12.7 Å². The minimum absolute atomic E-state index is 0.0141. The molecule has 0 amide bonds. The Labute approximate surface area is 151 Å². The van der Waals surface area contributed by atoms with Crippen LogP contribution >= 0.6 is 11.6 Å². The van der Waals surface area contributed by atoms with Crippen molar-refractivity contribution in [2.24, 2.45) is 4.99 Å². The van der Waals surface area contributed by atoms with E-state index in [1.807, 2.05) is 0 Å². The highest BCUT2D eigenvalue weighted by atomic mass is 35.5. The molecular formula is C17H9ClN2O6. The monoisotopic (exact) mass is 372 g/mol. The number of carbonyl (C=O) groups excluding carboxylic acids is 1. The Kier molecular flexibility index (Phi) is 3.81. The molecule has 9 heteroatoms. The number of aliphatic imine (C=N–C) groups is 1. The fourth-order valence-electron chi connectivity index (χ4n) is 2.48. The SMILES string of the molecule is O=C1OC(c2ccc(Cl)c([N+](=O)[O-])c2)=NC1=Cc1ccc2c(c1)OCO2. The number of benzene rings is 2. The second-order valence-electron chi connectivity index (χ2n) is 5.37. The highest BCUT2D eigenvalue weighted by Gasteiger charge is 2.26. The number of hydrogen-bond donors (Lipinski definition) is 0. The lowest BCUT2D eigenvalue weighted by atomic mass is 10.1. The summed E-state index contributed by atoms with van der Waals surface area (Å²) in [6.45, 7) is 0.148. The lowest BCUT2D eigenvalue weighted by Crippen LogP contribution is -2.06. The molecular weight excluding hydrogens is 364 g/mol. The maximum atomic E-state index is 12.1. The van der Waals surface area contributed by atoms with Crippen LogP contribution in [0.5, 0.6) is 11.5 Å². The first-order valence-corrected chi connectivity index (χ1v) is 7.75. The van der Waals surface area contributed by atoms with E-state index in [-0.39, 0.29) is 34.7 Å². The number of nitro benzene ring substituents is 1. The predicted molar refractivity (Wildman–Crippen MR) is 91.3 cm³/mol. The fraction of sp³-hybridized carbons (Fsp3) is 0.0588. The average molecular weight is 373 g/mol. The normalized spacial score (nSPS) is 16.6. The Bertz CT molecular complexity index is 1010. The Morgan fingerprint density at radius 1 is 1.15 bits per heavy atom. The maximum Gasteiger partial charge on any atom is 0.363 e. The smallest absolute Gasteiger partial charge is 0.363 e. The van der Waals surface area contributed by atoms with Crippen LogP contribution in [0.4, 0.5) is 5.69 Å². The predicted octanol–water partition coefficient (Wildman–Crippen LogP) is 3.32. The molecule has 2 heterocycles. The summed E-state index contributed by atoms with van der Waals surface area (Å²) in [5.41, 5.74) is 0.726. The van der Waals surface area contributed by atoms with Crippen LogP contribution in [0.3, 0.4) is 0 Å². The average Bonchev–Trinajstić information content (AvgIpc) is 3.21. The van der Waals surface area contributed by atoms with Gasteiger partial charge in [-0.25, -0.2) is 9.79 Å². The van der Waals surface area contributed by atoms with Gasteiger partial charge in [0, 0.05) is 11.6 Å². The summed E-state index contributed by atoms with van der Waals surface area (Å²) < 4.78 is 15.6. The largest absolute Gasteiger partial charge is 0.454 e. The summed E-state index contributed by atoms with van der Waals surface area (Å²) in [6, 6.07) is 9.23. The lowest BCUT2D eigenvalue weighted by molar-refractivity contribution is -0.384. The molecule has 26 heavy (non-hydrogen) atoms. The number of nitrogens with zero attached hydrogens (tertiary/aromatic N) is 2. The quantitative estimate of drug-likeness (QED) is 0.354. The third-order valence-corrected chi connectivity index (χ3v) is 4.03. The first kappa shape index (κ1) is 16.1. The molecule has 0 aliphatic carbocycles. The number of rotatable bonds is 3. The van der Waals surface area contributed by atoms with Gasteiger partial charge in [-0.3, -0.25) is 10.1 Å². The molecule has 0 spiro atoms. The van der Waals surface area contributed by atoms with Crippen molar-refractivity contribution in [1.29, 1.82) is 0 Å². The Hall–Kier alpha value is -3.39. The number of hydrogen-bond acceptors (Lipinski definition) is 7. The van der Waals surface area contributed by atoms with Gasteiger partial charge in [0.05, 0.1) is 4.92 Å². The standard InChI is InChI=1S/C17H9ClN2O6/c18-11-3-2-10(7-13(11)20(22)23)16-19-12(17(21)26-16)5-9-1-4-14-15(6-9)25-8-24-14/h1-7H,8H2. The number of esters is 1. The minimum atomic E-state index is -0.657. The summed E-state index contributed by atoms with van der Waals surface area (Å²) in [4.78, 5) is 26.6. The highest BCUT2D eigenvalue weighted by Crippen LogP contribution is 2.33. The van der Waals surface area contributed by atoms with Crippen molar-refractivity contribution in [2.45, 2.75) is 0 Å². The molecule has 8 nitrogen and oxygen atoms in total. The molecule has 0 fully saturated rings. The number of carbonyl (C=O) groups is 1. The van der Waals surface area contributed by atoms with Crippen molar-refractivity contribution in [3.8, 4) is 11.5 Å². The molecule has 0 N–H and O–H groups in total. The van der Waals surface area contributed by atoms with Crippen LogP contribution < -0.4 is 9.47 Å². The van der Waals surface area contributed by atoms with E-state index >= 15 is 0 Å². The van der Waals surface area contributed by atoms with Crippen LogP contribution in [-0.2, 0) is 9.53 Å². The minimum Gasteiger partial charge on any atom is -0.454 e. The van der Waals surface area contributed by atoms with Gasteiger partial charge in [-0.15, -0.1) is 0 Å². The summed E-state index contributed by atoms with van der Waals surface area (Å²) in [7, 11) is 0. The van der Waals surface area contributed by atoms with Crippen molar-refractivity contribution < 1.29 is 23.9 Å². The third kappa shape index (κ3) is 2.86. The molecule has 0 unspecified atom stereocenters. The topological polar surface area (TPSA) is 100 Å². The summed E-state index contributed by atoms with van der Waals surface area (Å²) >= 11 is 5.79. The van der Waals surface area contributed by atoms with Gasteiger partial charge < -0.3 is 14.2 Å². The number of nitro groups is 1. The van der Waals surface area contributed by atoms with Crippen molar-refractivity contribution in [1.82, 2.24) is 0 Å². The van der Waals surface area contributed by atoms with Gasteiger partial charge in [0.1, 0.15) is 5.02 Å². The number of halogens is 1. The van der Waals surface area contributed by atoms with Crippen molar-refractivity contribution >= 4 is 35.2 Å². The molecule has 2 aliphatic rings. The summed E-state index contributed by atoms with van der Waals surface area (Å²) in [6.07, 6.45) is 1.53. The zero-order valence-electron chi connectivity index (χ0n) is 13.0. The van der Waals surface area contributed by atoms with E-state index in [1.54, 1.807) is 18.2 Å². The van der Waals surface area contributed by atoms with Crippen molar-refractivity contribution in [3.05, 3.63) is 68.4 Å². The first-order valence-electron chi connectivity index (χ1n) is 7.38. The van der Waals surface area contributed by atoms with Gasteiger partial charge in [-0.05, 0) is 35.9 Å². The van der Waals surface area contributed by atoms with Crippen molar-refractivity contribution in [3.63, 3.8) is 0 Å². The van der Waals surface area contributed by atoms with Crippen LogP contribution in [0, 0.1) is 10.1 Å². The first-order chi connectivity index (χ1) is 12.5.